The first-order valence-corrected chi connectivity index (χ1v) is 14.6. The molecule has 0 aliphatic carbocycles. The molecule has 0 unspecified atom stereocenters. The van der Waals surface area contributed by atoms with Gasteiger partial charge in [-0.2, -0.15) is 0 Å². The zero-order chi connectivity index (χ0) is 28.3. The fourth-order valence-corrected chi connectivity index (χ4v) is 6.46. The Morgan fingerprint density at radius 3 is 1.49 bits per heavy atom. The van der Waals surface area contributed by atoms with E-state index in [9.17, 15) is 0 Å². The average molecular weight is 548 g/mol. The predicted molar refractivity (Wildman–Crippen MR) is 180 cm³/mol. The summed E-state index contributed by atoms with van der Waals surface area (Å²) >= 11 is 0. The number of H-pyrrole nitrogens is 1. The smallest absolute Gasteiger partial charge is 0.138 e. The van der Waals surface area contributed by atoms with E-state index in [1.807, 2.05) is 18.2 Å². The SMILES string of the molecule is c1ccc2c(c1)ccc1c(-c3ccc(-c4ccc(-c5nc6ccccc6[nH]5)cc4)cc3)c3ccc4ccccc4c3nc12. The molecule has 9 aromatic rings. The Labute approximate surface area is 248 Å². The monoisotopic (exact) mass is 547 g/mol. The van der Waals surface area contributed by atoms with E-state index in [-0.39, 0.29) is 0 Å². The highest BCUT2D eigenvalue weighted by Gasteiger charge is 2.15. The number of nitrogens with one attached hydrogen (secondary N) is 1. The highest BCUT2D eigenvalue weighted by Crippen LogP contribution is 2.40. The van der Waals surface area contributed by atoms with Gasteiger partial charge in [0, 0.05) is 32.7 Å². The third kappa shape index (κ3) is 3.83. The van der Waals surface area contributed by atoms with E-state index >= 15 is 0 Å². The fourth-order valence-electron chi connectivity index (χ4n) is 6.46. The van der Waals surface area contributed by atoms with Gasteiger partial charge in [-0.1, -0.05) is 133 Å². The van der Waals surface area contributed by atoms with Crippen LogP contribution >= 0.6 is 0 Å². The van der Waals surface area contributed by atoms with Gasteiger partial charge in [-0.15, -0.1) is 0 Å². The summed E-state index contributed by atoms with van der Waals surface area (Å²) in [5.74, 6) is 0.889. The van der Waals surface area contributed by atoms with Gasteiger partial charge in [-0.3, -0.25) is 0 Å². The van der Waals surface area contributed by atoms with Crippen LogP contribution < -0.4 is 0 Å². The first kappa shape index (κ1) is 23.9. The summed E-state index contributed by atoms with van der Waals surface area (Å²) in [6, 6.07) is 51.7. The lowest BCUT2D eigenvalue weighted by atomic mass is 9.91. The number of pyridine rings is 1. The molecule has 3 nitrogen and oxygen atoms in total. The maximum Gasteiger partial charge on any atom is 0.138 e. The zero-order valence-electron chi connectivity index (χ0n) is 23.3. The Balaban J connectivity index is 1.18. The van der Waals surface area contributed by atoms with E-state index in [4.69, 9.17) is 9.97 Å². The second-order valence-electron chi connectivity index (χ2n) is 11.1. The highest BCUT2D eigenvalue weighted by molar-refractivity contribution is 6.21. The summed E-state index contributed by atoms with van der Waals surface area (Å²) in [4.78, 5) is 13.5. The molecule has 2 heterocycles. The number of aromatic nitrogens is 3. The summed E-state index contributed by atoms with van der Waals surface area (Å²) < 4.78 is 0. The molecule has 1 N–H and O–H groups in total. The second-order valence-corrected chi connectivity index (χ2v) is 11.1. The van der Waals surface area contributed by atoms with Crippen molar-refractivity contribution in [1.29, 1.82) is 0 Å². The lowest BCUT2D eigenvalue weighted by Gasteiger charge is -2.15. The van der Waals surface area contributed by atoms with Crippen molar-refractivity contribution in [2.24, 2.45) is 0 Å². The Morgan fingerprint density at radius 1 is 0.372 bits per heavy atom. The fraction of sp³-hybridized carbons (Fsp3) is 0. The van der Waals surface area contributed by atoms with Crippen LogP contribution in [-0.2, 0) is 0 Å². The predicted octanol–water partition coefficient (Wildman–Crippen LogP) is 10.6. The molecule has 0 spiro atoms. The van der Waals surface area contributed by atoms with Gasteiger partial charge < -0.3 is 4.98 Å². The van der Waals surface area contributed by atoms with E-state index in [1.54, 1.807) is 0 Å². The Hall–Kier alpha value is -5.80. The summed E-state index contributed by atoms with van der Waals surface area (Å²) in [5.41, 5.74) is 9.96. The molecule has 3 heteroatoms. The van der Waals surface area contributed by atoms with Crippen LogP contribution in [0.3, 0.4) is 0 Å². The van der Waals surface area contributed by atoms with Crippen LogP contribution in [0.1, 0.15) is 0 Å². The number of rotatable bonds is 3. The molecule has 0 saturated heterocycles. The maximum absolute atomic E-state index is 5.32. The van der Waals surface area contributed by atoms with Crippen LogP contribution in [0.5, 0.6) is 0 Å². The highest BCUT2D eigenvalue weighted by atomic mass is 14.9. The lowest BCUT2D eigenvalue weighted by molar-refractivity contribution is 1.34. The van der Waals surface area contributed by atoms with Crippen molar-refractivity contribution < 1.29 is 0 Å². The summed E-state index contributed by atoms with van der Waals surface area (Å²) in [6.45, 7) is 0. The number of hydrogen-bond acceptors (Lipinski definition) is 2. The van der Waals surface area contributed by atoms with Crippen LogP contribution in [0.15, 0.2) is 146 Å². The number of para-hydroxylation sites is 2. The van der Waals surface area contributed by atoms with Crippen LogP contribution in [0.4, 0.5) is 0 Å². The van der Waals surface area contributed by atoms with Crippen LogP contribution in [0, 0.1) is 0 Å². The summed E-state index contributed by atoms with van der Waals surface area (Å²) in [6.07, 6.45) is 0. The molecular formula is C40H25N3. The normalized spacial score (nSPS) is 11.7. The van der Waals surface area contributed by atoms with Gasteiger partial charge in [0.2, 0.25) is 0 Å². The number of aromatic amines is 1. The summed E-state index contributed by atoms with van der Waals surface area (Å²) in [5, 5.41) is 7.10. The number of benzene rings is 7. The number of imidazole rings is 1. The largest absolute Gasteiger partial charge is 0.338 e. The second kappa shape index (κ2) is 9.37. The Morgan fingerprint density at radius 2 is 0.884 bits per heavy atom. The molecule has 43 heavy (non-hydrogen) atoms. The molecule has 0 amide bonds. The first-order valence-electron chi connectivity index (χ1n) is 14.6. The quantitative estimate of drug-likeness (QED) is 0.177. The van der Waals surface area contributed by atoms with Crippen LogP contribution in [0.2, 0.25) is 0 Å². The van der Waals surface area contributed by atoms with Crippen LogP contribution in [0.25, 0.3) is 88.0 Å². The van der Waals surface area contributed by atoms with Gasteiger partial charge >= 0.3 is 0 Å². The molecule has 0 saturated carbocycles. The molecule has 9 rings (SSSR count). The third-order valence-corrected chi connectivity index (χ3v) is 8.62. The van der Waals surface area contributed by atoms with Gasteiger partial charge in [0.25, 0.3) is 0 Å². The van der Waals surface area contributed by atoms with Crippen molar-refractivity contribution in [3.05, 3.63) is 146 Å². The number of nitrogens with zero attached hydrogens (tertiary/aromatic N) is 2. The molecule has 0 aliphatic rings. The van der Waals surface area contributed by atoms with Crippen molar-refractivity contribution in [2.75, 3.05) is 0 Å². The molecule has 7 aromatic carbocycles. The van der Waals surface area contributed by atoms with E-state index in [0.717, 1.165) is 33.5 Å². The van der Waals surface area contributed by atoms with Crippen molar-refractivity contribution in [1.82, 2.24) is 15.0 Å². The molecule has 0 fully saturated rings. The lowest BCUT2D eigenvalue weighted by Crippen LogP contribution is -1.92. The standard InChI is InChI=1S/C40H25N3/c1-3-9-31-27(7-1)21-23-33-37(34-24-22-28-8-2-4-10-32(28)39(34)43-38(31)33)29-17-13-25(14-18-29)26-15-19-30(20-16-26)40-41-35-11-5-6-12-36(35)42-40/h1-24H,(H,41,42). The van der Waals surface area contributed by atoms with Crippen molar-refractivity contribution in [3.63, 3.8) is 0 Å². The number of fused-ring (bicyclic) bond motifs is 7. The van der Waals surface area contributed by atoms with Crippen molar-refractivity contribution in [2.45, 2.75) is 0 Å². The van der Waals surface area contributed by atoms with E-state index in [1.165, 1.54) is 54.6 Å². The van der Waals surface area contributed by atoms with Gasteiger partial charge in [0.05, 0.1) is 22.1 Å². The van der Waals surface area contributed by atoms with Gasteiger partial charge in [-0.25, -0.2) is 9.97 Å². The molecule has 0 radical (unpaired) electrons. The topological polar surface area (TPSA) is 41.6 Å². The molecule has 2 aromatic heterocycles. The molecule has 0 atom stereocenters. The third-order valence-electron chi connectivity index (χ3n) is 8.62. The number of hydrogen-bond donors (Lipinski definition) is 1. The van der Waals surface area contributed by atoms with E-state index in [2.05, 4.69) is 132 Å². The average Bonchev–Trinajstić information content (AvgIpc) is 3.52. The zero-order valence-corrected chi connectivity index (χ0v) is 23.3. The molecule has 0 aliphatic heterocycles. The maximum atomic E-state index is 5.32. The van der Waals surface area contributed by atoms with E-state index in [0.29, 0.717) is 0 Å². The van der Waals surface area contributed by atoms with Gasteiger partial charge in [0.15, 0.2) is 0 Å². The van der Waals surface area contributed by atoms with Gasteiger partial charge in [0.1, 0.15) is 5.82 Å². The minimum atomic E-state index is 0.889. The van der Waals surface area contributed by atoms with Gasteiger partial charge in [-0.05, 0) is 39.6 Å². The van der Waals surface area contributed by atoms with Crippen LogP contribution in [-0.4, -0.2) is 15.0 Å². The van der Waals surface area contributed by atoms with E-state index < -0.39 is 0 Å². The molecule has 0 bridgehead atoms. The minimum absolute atomic E-state index is 0.889. The van der Waals surface area contributed by atoms with Crippen molar-refractivity contribution >= 4 is 54.4 Å². The first-order chi connectivity index (χ1) is 21.3. The Bertz CT molecular complexity index is 2360. The Kier molecular flexibility index (Phi) is 5.20. The molecular weight excluding hydrogens is 522 g/mol. The molecule has 200 valence electrons. The minimum Gasteiger partial charge on any atom is -0.338 e. The summed E-state index contributed by atoms with van der Waals surface area (Å²) in [7, 11) is 0. The van der Waals surface area contributed by atoms with Crippen molar-refractivity contribution in [3.8, 4) is 33.6 Å².